The van der Waals surface area contributed by atoms with Gasteiger partial charge in [0, 0.05) is 6.54 Å². The normalized spacial score (nSPS) is 11.5. The van der Waals surface area contributed by atoms with Crippen molar-refractivity contribution in [1.82, 2.24) is 29.9 Å². The van der Waals surface area contributed by atoms with Gasteiger partial charge >= 0.3 is 0 Å². The van der Waals surface area contributed by atoms with Crippen LogP contribution in [0.5, 0.6) is 0 Å². The van der Waals surface area contributed by atoms with Crippen LogP contribution in [0.15, 0.2) is 30.7 Å². The summed E-state index contributed by atoms with van der Waals surface area (Å²) in [5.41, 5.74) is 3.87. The number of hydrogen-bond acceptors (Lipinski definition) is 4. The van der Waals surface area contributed by atoms with Gasteiger partial charge in [0.05, 0.1) is 34.9 Å². The van der Waals surface area contributed by atoms with Gasteiger partial charge in [0.15, 0.2) is 0 Å². The van der Waals surface area contributed by atoms with Crippen molar-refractivity contribution in [3.8, 4) is 5.69 Å². The Labute approximate surface area is 104 Å². The highest BCUT2D eigenvalue weighted by Crippen LogP contribution is 2.14. The number of hydrogen-bond donors (Lipinski definition) is 1. The standard InChI is InChI=1S/C12H14N6/c1-17(2)6-9-7-18(16-15-9)10-3-4-11-12(5-10)14-8-13-11/h3-5,7-8H,6H2,1-2H3,(H,13,14). The van der Waals surface area contributed by atoms with E-state index in [0.717, 1.165) is 29.0 Å². The smallest absolute Gasteiger partial charge is 0.0971 e. The van der Waals surface area contributed by atoms with Gasteiger partial charge in [-0.05, 0) is 32.3 Å². The number of benzene rings is 1. The van der Waals surface area contributed by atoms with Gasteiger partial charge in [-0.3, -0.25) is 0 Å². The lowest BCUT2D eigenvalue weighted by molar-refractivity contribution is 0.396. The van der Waals surface area contributed by atoms with Crippen molar-refractivity contribution in [3.05, 3.63) is 36.4 Å². The molecule has 0 amide bonds. The van der Waals surface area contributed by atoms with Crippen molar-refractivity contribution in [3.63, 3.8) is 0 Å². The first-order valence-electron chi connectivity index (χ1n) is 5.72. The van der Waals surface area contributed by atoms with E-state index in [1.807, 2.05) is 38.5 Å². The molecule has 0 fully saturated rings. The molecule has 0 saturated heterocycles. The molecule has 0 aliphatic heterocycles. The van der Waals surface area contributed by atoms with Crippen LogP contribution in [0.25, 0.3) is 16.7 Å². The Morgan fingerprint density at radius 1 is 1.33 bits per heavy atom. The first kappa shape index (κ1) is 10.9. The van der Waals surface area contributed by atoms with E-state index in [-0.39, 0.29) is 0 Å². The number of nitrogens with one attached hydrogen (secondary N) is 1. The average Bonchev–Trinajstić information content (AvgIpc) is 2.95. The lowest BCUT2D eigenvalue weighted by atomic mass is 10.3. The summed E-state index contributed by atoms with van der Waals surface area (Å²) >= 11 is 0. The fraction of sp³-hybridized carbons (Fsp3) is 0.250. The number of aromatic nitrogens is 5. The molecule has 6 nitrogen and oxygen atoms in total. The lowest BCUT2D eigenvalue weighted by Crippen LogP contribution is -2.10. The summed E-state index contributed by atoms with van der Waals surface area (Å²) in [4.78, 5) is 9.34. The molecule has 0 saturated carbocycles. The number of rotatable bonds is 3. The van der Waals surface area contributed by atoms with E-state index < -0.39 is 0 Å². The molecular weight excluding hydrogens is 228 g/mol. The second-order valence-electron chi connectivity index (χ2n) is 4.50. The first-order chi connectivity index (χ1) is 8.72. The molecule has 0 unspecified atom stereocenters. The van der Waals surface area contributed by atoms with E-state index in [1.54, 1.807) is 11.0 Å². The van der Waals surface area contributed by atoms with Crippen LogP contribution in [0, 0.1) is 0 Å². The molecule has 0 bridgehead atoms. The minimum Gasteiger partial charge on any atom is -0.345 e. The minimum absolute atomic E-state index is 0.784. The molecule has 18 heavy (non-hydrogen) atoms. The maximum absolute atomic E-state index is 4.19. The summed E-state index contributed by atoms with van der Waals surface area (Å²) < 4.78 is 1.78. The lowest BCUT2D eigenvalue weighted by Gasteiger charge is -2.04. The molecule has 0 atom stereocenters. The molecule has 2 aromatic heterocycles. The fourth-order valence-electron chi connectivity index (χ4n) is 1.89. The zero-order valence-electron chi connectivity index (χ0n) is 10.3. The van der Waals surface area contributed by atoms with E-state index in [2.05, 4.69) is 25.2 Å². The van der Waals surface area contributed by atoms with Crippen molar-refractivity contribution < 1.29 is 0 Å². The van der Waals surface area contributed by atoms with Crippen LogP contribution < -0.4 is 0 Å². The van der Waals surface area contributed by atoms with Crippen molar-refractivity contribution in [2.24, 2.45) is 0 Å². The van der Waals surface area contributed by atoms with E-state index in [0.29, 0.717) is 0 Å². The van der Waals surface area contributed by atoms with Gasteiger partial charge in [-0.25, -0.2) is 9.67 Å². The number of aromatic amines is 1. The Morgan fingerprint density at radius 3 is 3.06 bits per heavy atom. The Balaban J connectivity index is 1.95. The molecule has 0 aliphatic carbocycles. The molecule has 2 heterocycles. The van der Waals surface area contributed by atoms with Crippen LogP contribution in [0.2, 0.25) is 0 Å². The van der Waals surface area contributed by atoms with Gasteiger partial charge in [0.2, 0.25) is 0 Å². The van der Waals surface area contributed by atoms with Crippen LogP contribution >= 0.6 is 0 Å². The monoisotopic (exact) mass is 242 g/mol. The van der Waals surface area contributed by atoms with Crippen LogP contribution in [-0.2, 0) is 6.54 Å². The molecule has 92 valence electrons. The fourth-order valence-corrected chi connectivity index (χ4v) is 1.89. The van der Waals surface area contributed by atoms with E-state index in [1.165, 1.54) is 0 Å². The number of nitrogens with zero attached hydrogens (tertiary/aromatic N) is 5. The van der Waals surface area contributed by atoms with Crippen LogP contribution in [0.3, 0.4) is 0 Å². The average molecular weight is 242 g/mol. The van der Waals surface area contributed by atoms with Crippen molar-refractivity contribution >= 4 is 11.0 Å². The van der Waals surface area contributed by atoms with Gasteiger partial charge in [-0.1, -0.05) is 5.21 Å². The van der Waals surface area contributed by atoms with Gasteiger partial charge in [-0.15, -0.1) is 5.10 Å². The summed E-state index contributed by atoms with van der Waals surface area (Å²) in [7, 11) is 4.02. The third kappa shape index (κ3) is 1.98. The number of fused-ring (bicyclic) bond motifs is 1. The van der Waals surface area contributed by atoms with Crippen molar-refractivity contribution in [2.45, 2.75) is 6.54 Å². The molecule has 0 radical (unpaired) electrons. The second kappa shape index (κ2) is 4.23. The predicted molar refractivity (Wildman–Crippen MR) is 68.4 cm³/mol. The maximum Gasteiger partial charge on any atom is 0.0971 e. The number of H-pyrrole nitrogens is 1. The quantitative estimate of drug-likeness (QED) is 0.749. The second-order valence-corrected chi connectivity index (χ2v) is 4.50. The highest BCUT2D eigenvalue weighted by atomic mass is 15.4. The zero-order valence-corrected chi connectivity index (χ0v) is 10.3. The third-order valence-electron chi connectivity index (χ3n) is 2.69. The third-order valence-corrected chi connectivity index (χ3v) is 2.69. The Bertz CT molecular complexity index is 666. The molecule has 1 aromatic carbocycles. The topological polar surface area (TPSA) is 62.6 Å². The Hall–Kier alpha value is -2.21. The largest absolute Gasteiger partial charge is 0.345 e. The number of imidazole rings is 1. The van der Waals surface area contributed by atoms with Gasteiger partial charge in [0.1, 0.15) is 0 Å². The van der Waals surface area contributed by atoms with E-state index in [9.17, 15) is 0 Å². The summed E-state index contributed by atoms with van der Waals surface area (Å²) in [5, 5.41) is 8.28. The Kier molecular flexibility index (Phi) is 2.56. The molecule has 0 spiro atoms. The van der Waals surface area contributed by atoms with Crippen LogP contribution in [0.1, 0.15) is 5.69 Å². The van der Waals surface area contributed by atoms with Crippen LogP contribution in [0.4, 0.5) is 0 Å². The SMILES string of the molecule is CN(C)Cc1cn(-c2ccc3nc[nH]c3c2)nn1. The Morgan fingerprint density at radius 2 is 2.22 bits per heavy atom. The summed E-state index contributed by atoms with van der Waals surface area (Å²) in [6.07, 6.45) is 3.63. The highest BCUT2D eigenvalue weighted by Gasteiger charge is 2.05. The molecule has 1 N–H and O–H groups in total. The summed E-state index contributed by atoms with van der Waals surface area (Å²) in [5.74, 6) is 0. The summed E-state index contributed by atoms with van der Waals surface area (Å²) in [6.45, 7) is 0.784. The van der Waals surface area contributed by atoms with Gasteiger partial charge in [-0.2, -0.15) is 0 Å². The molecular formula is C12H14N6. The molecule has 0 aliphatic rings. The zero-order chi connectivity index (χ0) is 12.5. The van der Waals surface area contributed by atoms with Crippen molar-refractivity contribution in [2.75, 3.05) is 14.1 Å². The summed E-state index contributed by atoms with van der Waals surface area (Å²) in [6, 6.07) is 5.96. The minimum atomic E-state index is 0.784. The van der Waals surface area contributed by atoms with E-state index >= 15 is 0 Å². The molecule has 6 heteroatoms. The van der Waals surface area contributed by atoms with Gasteiger partial charge in [0.25, 0.3) is 0 Å². The maximum atomic E-state index is 4.19. The van der Waals surface area contributed by atoms with Gasteiger partial charge < -0.3 is 9.88 Å². The highest BCUT2D eigenvalue weighted by molar-refractivity contribution is 5.76. The van der Waals surface area contributed by atoms with Crippen LogP contribution in [-0.4, -0.2) is 44.0 Å². The predicted octanol–water partition coefficient (Wildman–Crippen LogP) is 1.21. The molecule has 3 aromatic rings. The van der Waals surface area contributed by atoms with E-state index in [4.69, 9.17) is 0 Å². The van der Waals surface area contributed by atoms with Crippen molar-refractivity contribution in [1.29, 1.82) is 0 Å². The molecule has 3 rings (SSSR count). The first-order valence-corrected chi connectivity index (χ1v) is 5.72.